The van der Waals surface area contributed by atoms with Crippen LogP contribution in [-0.4, -0.2) is 43.9 Å². The lowest BCUT2D eigenvalue weighted by atomic mass is 10.1. The molecule has 0 aliphatic rings. The van der Waals surface area contributed by atoms with E-state index in [1.54, 1.807) is 0 Å². The van der Waals surface area contributed by atoms with Crippen LogP contribution in [0, 0.1) is 0 Å². The van der Waals surface area contributed by atoms with Crippen LogP contribution in [0.2, 0.25) is 0 Å². The molecule has 4 nitrogen and oxygen atoms in total. The second-order valence-electron chi connectivity index (χ2n) is 2.68. The van der Waals surface area contributed by atoms with Gasteiger partial charge in [-0.15, -0.1) is 0 Å². The molecule has 0 radical (unpaired) electrons. The van der Waals surface area contributed by atoms with Crippen molar-refractivity contribution in [1.29, 1.82) is 0 Å². The summed E-state index contributed by atoms with van der Waals surface area (Å²) in [5.74, 6) is -0.0762. The van der Waals surface area contributed by atoms with Crippen molar-refractivity contribution in [2.75, 3.05) is 20.8 Å². The van der Waals surface area contributed by atoms with Gasteiger partial charge < -0.3 is 14.6 Å². The van der Waals surface area contributed by atoms with Gasteiger partial charge in [0.15, 0.2) is 5.78 Å². The van der Waals surface area contributed by atoms with Gasteiger partial charge in [0.05, 0.1) is 12.7 Å². The van der Waals surface area contributed by atoms with E-state index in [1.807, 2.05) is 0 Å². The lowest BCUT2D eigenvalue weighted by Gasteiger charge is -2.15. The highest BCUT2D eigenvalue weighted by molar-refractivity contribution is 5.80. The first-order valence-corrected chi connectivity index (χ1v) is 3.82. The molecule has 0 spiro atoms. The van der Waals surface area contributed by atoms with Gasteiger partial charge in [0.2, 0.25) is 0 Å². The van der Waals surface area contributed by atoms with Crippen molar-refractivity contribution >= 4 is 5.78 Å². The molecule has 0 saturated carbocycles. The van der Waals surface area contributed by atoms with Crippen molar-refractivity contribution in [3.63, 3.8) is 0 Å². The number of aliphatic hydroxyl groups is 1. The summed E-state index contributed by atoms with van der Waals surface area (Å²) < 4.78 is 9.58. The number of carbonyl (C=O) groups is 1. The van der Waals surface area contributed by atoms with Crippen LogP contribution in [0.3, 0.4) is 0 Å². The monoisotopic (exact) mass is 176 g/mol. The van der Waals surface area contributed by atoms with Crippen LogP contribution in [0.5, 0.6) is 0 Å². The van der Waals surface area contributed by atoms with E-state index in [4.69, 9.17) is 9.47 Å². The maximum Gasteiger partial charge on any atom is 0.158 e. The zero-order valence-electron chi connectivity index (χ0n) is 7.74. The molecule has 0 rings (SSSR count). The number of aliphatic hydroxyl groups excluding tert-OH is 1. The third kappa shape index (κ3) is 4.43. The van der Waals surface area contributed by atoms with E-state index in [-0.39, 0.29) is 12.4 Å². The first-order valence-electron chi connectivity index (χ1n) is 3.82. The predicted molar refractivity (Wildman–Crippen MR) is 44.0 cm³/mol. The molecule has 2 unspecified atom stereocenters. The van der Waals surface area contributed by atoms with Gasteiger partial charge in [0.25, 0.3) is 0 Å². The molecule has 0 amide bonds. The van der Waals surface area contributed by atoms with Gasteiger partial charge in [-0.05, 0) is 6.92 Å². The number of Topliss-reactive ketones (excluding diaryl/α,β-unsaturated/α-hetero) is 1. The molecule has 0 aromatic heterocycles. The highest BCUT2D eigenvalue weighted by Crippen LogP contribution is 2.03. The number of hydrogen-bond acceptors (Lipinski definition) is 4. The lowest BCUT2D eigenvalue weighted by Crippen LogP contribution is -2.28. The summed E-state index contributed by atoms with van der Waals surface area (Å²) in [6.45, 7) is 1.67. The molecule has 1 N–H and O–H groups in total. The van der Waals surface area contributed by atoms with Crippen molar-refractivity contribution in [2.45, 2.75) is 25.6 Å². The highest BCUT2D eigenvalue weighted by Gasteiger charge is 2.17. The zero-order valence-corrected chi connectivity index (χ0v) is 7.74. The van der Waals surface area contributed by atoms with Crippen molar-refractivity contribution in [2.24, 2.45) is 0 Å². The third-order valence-corrected chi connectivity index (χ3v) is 1.58. The molecule has 0 aromatic rings. The van der Waals surface area contributed by atoms with E-state index in [0.717, 1.165) is 0 Å². The topological polar surface area (TPSA) is 55.8 Å². The lowest BCUT2D eigenvalue weighted by molar-refractivity contribution is -0.128. The normalized spacial score (nSPS) is 15.7. The van der Waals surface area contributed by atoms with Crippen molar-refractivity contribution in [1.82, 2.24) is 0 Å². The molecule has 12 heavy (non-hydrogen) atoms. The fourth-order valence-electron chi connectivity index (χ4n) is 0.936. The smallest absolute Gasteiger partial charge is 0.158 e. The Kier molecular flexibility index (Phi) is 5.88. The van der Waals surface area contributed by atoms with E-state index < -0.39 is 12.2 Å². The standard InChI is InChI=1S/C8H16O4/c1-6(9)8(12-3)4-7(10)5-11-2/h7-8,10H,4-5H2,1-3H3. The van der Waals surface area contributed by atoms with Crippen LogP contribution in [0.15, 0.2) is 0 Å². The molecule has 2 atom stereocenters. The summed E-state index contributed by atoms with van der Waals surface area (Å²) in [5, 5.41) is 9.24. The van der Waals surface area contributed by atoms with Gasteiger partial charge in [0, 0.05) is 20.6 Å². The molecule has 0 aromatic carbocycles. The molecule has 0 saturated heterocycles. The van der Waals surface area contributed by atoms with Crippen LogP contribution in [0.4, 0.5) is 0 Å². The Balaban J connectivity index is 3.77. The maximum atomic E-state index is 10.8. The van der Waals surface area contributed by atoms with Gasteiger partial charge in [-0.2, -0.15) is 0 Å². The molecule has 0 fully saturated rings. The summed E-state index contributed by atoms with van der Waals surface area (Å²) >= 11 is 0. The Labute approximate surface area is 72.5 Å². The van der Waals surface area contributed by atoms with E-state index >= 15 is 0 Å². The van der Waals surface area contributed by atoms with E-state index in [2.05, 4.69) is 0 Å². The van der Waals surface area contributed by atoms with Crippen molar-refractivity contribution in [3.8, 4) is 0 Å². The van der Waals surface area contributed by atoms with Gasteiger partial charge in [0.1, 0.15) is 6.10 Å². The van der Waals surface area contributed by atoms with Gasteiger partial charge in [-0.3, -0.25) is 4.79 Å². The Morgan fingerprint density at radius 1 is 1.50 bits per heavy atom. The molecule has 4 heteroatoms. The van der Waals surface area contributed by atoms with Crippen LogP contribution in [-0.2, 0) is 14.3 Å². The number of hydrogen-bond donors (Lipinski definition) is 1. The van der Waals surface area contributed by atoms with E-state index in [0.29, 0.717) is 6.42 Å². The predicted octanol–water partition coefficient (Wildman–Crippen LogP) is -0.0122. The van der Waals surface area contributed by atoms with Crippen LogP contribution in [0.25, 0.3) is 0 Å². The number of carbonyl (C=O) groups excluding carboxylic acids is 1. The summed E-state index contributed by atoms with van der Waals surface area (Å²) in [7, 11) is 2.95. The Morgan fingerprint density at radius 3 is 2.42 bits per heavy atom. The summed E-state index contributed by atoms with van der Waals surface area (Å²) in [6.07, 6.45) is -0.862. The average molecular weight is 176 g/mol. The molecule has 0 aliphatic carbocycles. The van der Waals surface area contributed by atoms with Gasteiger partial charge in [-0.25, -0.2) is 0 Å². The average Bonchev–Trinajstić information content (AvgIpc) is 2.00. The second kappa shape index (κ2) is 6.11. The molecule has 0 heterocycles. The zero-order chi connectivity index (χ0) is 9.56. The fourth-order valence-corrected chi connectivity index (χ4v) is 0.936. The quantitative estimate of drug-likeness (QED) is 0.618. The minimum atomic E-state index is -0.635. The number of rotatable bonds is 6. The molecule has 72 valence electrons. The van der Waals surface area contributed by atoms with Crippen LogP contribution in [0.1, 0.15) is 13.3 Å². The minimum Gasteiger partial charge on any atom is -0.391 e. The number of ether oxygens (including phenoxy) is 2. The summed E-state index contributed by atoms with van der Waals surface area (Å²) in [4.78, 5) is 10.8. The van der Waals surface area contributed by atoms with E-state index in [9.17, 15) is 9.90 Å². The first kappa shape index (κ1) is 11.6. The number of ketones is 1. The fraction of sp³-hybridized carbons (Fsp3) is 0.875. The van der Waals surface area contributed by atoms with Crippen LogP contribution >= 0.6 is 0 Å². The van der Waals surface area contributed by atoms with Crippen molar-refractivity contribution < 1.29 is 19.4 Å². The third-order valence-electron chi connectivity index (χ3n) is 1.58. The molecule has 0 bridgehead atoms. The Bertz CT molecular complexity index is 135. The molecule has 0 aliphatic heterocycles. The molecular formula is C8H16O4. The minimum absolute atomic E-state index is 0.0762. The largest absolute Gasteiger partial charge is 0.391 e. The molecular weight excluding hydrogens is 160 g/mol. The van der Waals surface area contributed by atoms with E-state index in [1.165, 1.54) is 21.1 Å². The van der Waals surface area contributed by atoms with Crippen molar-refractivity contribution in [3.05, 3.63) is 0 Å². The van der Waals surface area contributed by atoms with Crippen LogP contribution < -0.4 is 0 Å². The maximum absolute atomic E-state index is 10.8. The van der Waals surface area contributed by atoms with Gasteiger partial charge in [-0.1, -0.05) is 0 Å². The Hall–Kier alpha value is -0.450. The Morgan fingerprint density at radius 2 is 2.08 bits per heavy atom. The summed E-state index contributed by atoms with van der Waals surface area (Å²) in [5.41, 5.74) is 0. The first-order chi connectivity index (χ1) is 5.61. The highest BCUT2D eigenvalue weighted by atomic mass is 16.5. The van der Waals surface area contributed by atoms with Gasteiger partial charge >= 0.3 is 0 Å². The SMILES string of the molecule is COCC(O)CC(OC)C(C)=O. The second-order valence-corrected chi connectivity index (χ2v) is 2.68. The number of methoxy groups -OCH3 is 2. The summed E-state index contributed by atoms with van der Waals surface area (Å²) in [6, 6.07) is 0.